The Morgan fingerprint density at radius 3 is 2.81 bits per heavy atom. The third-order valence-electron chi connectivity index (χ3n) is 2.48. The van der Waals surface area contributed by atoms with E-state index in [-0.39, 0.29) is 11.9 Å². The fourth-order valence-corrected chi connectivity index (χ4v) is 1.67. The number of H-pyrrole nitrogens is 1. The molecule has 0 aliphatic carbocycles. The highest BCUT2D eigenvalue weighted by atomic mass is 16.3. The van der Waals surface area contributed by atoms with Gasteiger partial charge in [0, 0.05) is 23.2 Å². The fraction of sp³-hybridized carbons (Fsp3) is 0.308. The summed E-state index contributed by atoms with van der Waals surface area (Å²) in [7, 11) is 0. The molecular weight excluding hydrogens is 200 g/mol. The minimum absolute atomic E-state index is 0.185. The van der Waals surface area contributed by atoms with E-state index >= 15 is 0 Å². The lowest BCUT2D eigenvalue weighted by Gasteiger charge is -1.96. The van der Waals surface area contributed by atoms with Gasteiger partial charge in [-0.3, -0.25) is 4.99 Å². The molecule has 3 heteroatoms. The summed E-state index contributed by atoms with van der Waals surface area (Å²) in [6.07, 6.45) is 1.73. The lowest BCUT2D eigenvalue weighted by molar-refractivity contribution is 0.457. The van der Waals surface area contributed by atoms with Crippen LogP contribution in [0, 0.1) is 6.92 Å². The summed E-state index contributed by atoms with van der Waals surface area (Å²) in [6.45, 7) is 6.05. The van der Waals surface area contributed by atoms with E-state index in [9.17, 15) is 5.11 Å². The highest BCUT2D eigenvalue weighted by molar-refractivity contribution is 6.02. The predicted molar refractivity (Wildman–Crippen MR) is 67.4 cm³/mol. The Morgan fingerprint density at radius 2 is 2.12 bits per heavy atom. The van der Waals surface area contributed by atoms with Crippen LogP contribution in [0.2, 0.25) is 0 Å². The normalized spacial score (nSPS) is 12.0. The second kappa shape index (κ2) is 4.00. The molecule has 2 rings (SSSR count). The maximum absolute atomic E-state index is 9.79. The quantitative estimate of drug-likeness (QED) is 0.745. The molecule has 0 aliphatic rings. The van der Waals surface area contributed by atoms with Gasteiger partial charge in [0.05, 0.1) is 5.56 Å². The summed E-state index contributed by atoms with van der Waals surface area (Å²) in [5.41, 5.74) is 2.88. The summed E-state index contributed by atoms with van der Waals surface area (Å²) in [6, 6.07) is 6.26. The minimum Gasteiger partial charge on any atom is -0.494 e. The van der Waals surface area contributed by atoms with Crippen molar-refractivity contribution in [2.24, 2.45) is 4.99 Å². The number of hydrogen-bond donors (Lipinski definition) is 2. The van der Waals surface area contributed by atoms with Gasteiger partial charge in [-0.1, -0.05) is 11.6 Å². The first-order chi connectivity index (χ1) is 7.58. The highest BCUT2D eigenvalue weighted by Gasteiger charge is 2.08. The number of aromatic nitrogens is 1. The van der Waals surface area contributed by atoms with Gasteiger partial charge in [0.2, 0.25) is 0 Å². The van der Waals surface area contributed by atoms with E-state index in [2.05, 4.69) is 9.98 Å². The van der Waals surface area contributed by atoms with Crippen LogP contribution >= 0.6 is 0 Å². The molecule has 2 N–H and O–H groups in total. The molecule has 1 aromatic heterocycles. The molecule has 16 heavy (non-hydrogen) atoms. The van der Waals surface area contributed by atoms with Gasteiger partial charge in [-0.15, -0.1) is 0 Å². The second-order valence-corrected chi connectivity index (χ2v) is 4.31. The predicted octanol–water partition coefficient (Wildman–Crippen LogP) is 3.01. The van der Waals surface area contributed by atoms with Crippen LogP contribution in [0.3, 0.4) is 0 Å². The lowest BCUT2D eigenvalue weighted by atomic mass is 10.1. The fourth-order valence-electron chi connectivity index (χ4n) is 1.67. The third kappa shape index (κ3) is 1.94. The Kier molecular flexibility index (Phi) is 2.69. The molecular formula is C13H16N2O. The van der Waals surface area contributed by atoms with Crippen molar-refractivity contribution in [1.29, 1.82) is 0 Å². The van der Waals surface area contributed by atoms with E-state index in [0.717, 1.165) is 16.5 Å². The van der Waals surface area contributed by atoms with Gasteiger partial charge in [0.15, 0.2) is 5.88 Å². The van der Waals surface area contributed by atoms with E-state index in [0.29, 0.717) is 0 Å². The first-order valence-corrected chi connectivity index (χ1v) is 5.42. The average molecular weight is 216 g/mol. The summed E-state index contributed by atoms with van der Waals surface area (Å²) in [4.78, 5) is 7.24. The summed E-state index contributed by atoms with van der Waals surface area (Å²) in [5, 5.41) is 10.8. The number of aryl methyl sites for hydroxylation is 1. The zero-order valence-electron chi connectivity index (χ0n) is 9.78. The number of benzene rings is 1. The van der Waals surface area contributed by atoms with Crippen LogP contribution in [0.5, 0.6) is 5.88 Å². The summed E-state index contributed by atoms with van der Waals surface area (Å²) < 4.78 is 0. The molecule has 0 bridgehead atoms. The molecule has 84 valence electrons. The van der Waals surface area contributed by atoms with Gasteiger partial charge >= 0.3 is 0 Å². The molecule has 0 atom stereocenters. The van der Waals surface area contributed by atoms with Crippen LogP contribution in [-0.2, 0) is 0 Å². The number of nitrogens with one attached hydrogen (secondary N) is 1. The lowest BCUT2D eigenvalue weighted by Crippen LogP contribution is -1.90. The van der Waals surface area contributed by atoms with Crippen molar-refractivity contribution >= 4 is 17.1 Å². The zero-order chi connectivity index (χ0) is 11.7. The smallest absolute Gasteiger partial charge is 0.198 e. The molecule has 1 heterocycles. The maximum atomic E-state index is 9.79. The number of aromatic amines is 1. The van der Waals surface area contributed by atoms with Crippen molar-refractivity contribution in [1.82, 2.24) is 4.98 Å². The molecule has 0 amide bonds. The van der Waals surface area contributed by atoms with Crippen LogP contribution in [0.25, 0.3) is 10.9 Å². The first-order valence-electron chi connectivity index (χ1n) is 5.42. The van der Waals surface area contributed by atoms with Gasteiger partial charge in [-0.05, 0) is 32.9 Å². The third-order valence-corrected chi connectivity index (χ3v) is 2.48. The van der Waals surface area contributed by atoms with Gasteiger partial charge in [0.1, 0.15) is 0 Å². The zero-order valence-corrected chi connectivity index (χ0v) is 9.78. The standard InChI is InChI=1S/C13H16N2O/c1-8(2)14-7-11-10-6-9(3)4-5-12(10)15-13(11)16/h4-8,15-16H,1-3H3. The largest absolute Gasteiger partial charge is 0.494 e. The Hall–Kier alpha value is -1.77. The number of rotatable bonds is 2. The van der Waals surface area contributed by atoms with E-state index in [1.807, 2.05) is 39.0 Å². The molecule has 0 aliphatic heterocycles. The topological polar surface area (TPSA) is 48.4 Å². The highest BCUT2D eigenvalue weighted by Crippen LogP contribution is 2.26. The molecule has 0 saturated heterocycles. The number of aliphatic imine (C=N–C) groups is 1. The van der Waals surface area contributed by atoms with E-state index in [4.69, 9.17) is 0 Å². The van der Waals surface area contributed by atoms with Gasteiger partial charge in [-0.25, -0.2) is 0 Å². The van der Waals surface area contributed by atoms with E-state index in [1.165, 1.54) is 5.56 Å². The number of aromatic hydroxyl groups is 1. The molecule has 2 aromatic rings. The first kappa shape index (κ1) is 10.7. The summed E-state index contributed by atoms with van der Waals surface area (Å²) in [5.74, 6) is 0.185. The van der Waals surface area contributed by atoms with Gasteiger partial charge in [0.25, 0.3) is 0 Å². The van der Waals surface area contributed by atoms with Crippen molar-refractivity contribution < 1.29 is 5.11 Å². The van der Waals surface area contributed by atoms with Crippen molar-refractivity contribution in [3.05, 3.63) is 29.3 Å². The van der Waals surface area contributed by atoms with Gasteiger partial charge in [-0.2, -0.15) is 0 Å². The Morgan fingerprint density at radius 1 is 1.38 bits per heavy atom. The van der Waals surface area contributed by atoms with Crippen LogP contribution in [0.15, 0.2) is 23.2 Å². The van der Waals surface area contributed by atoms with Crippen LogP contribution in [0.4, 0.5) is 0 Å². The second-order valence-electron chi connectivity index (χ2n) is 4.31. The van der Waals surface area contributed by atoms with Crippen LogP contribution < -0.4 is 0 Å². The summed E-state index contributed by atoms with van der Waals surface area (Å²) >= 11 is 0. The van der Waals surface area contributed by atoms with E-state index < -0.39 is 0 Å². The number of fused-ring (bicyclic) bond motifs is 1. The monoisotopic (exact) mass is 216 g/mol. The number of nitrogens with zero attached hydrogens (tertiary/aromatic N) is 1. The molecule has 0 spiro atoms. The van der Waals surface area contributed by atoms with Crippen molar-refractivity contribution in [3.63, 3.8) is 0 Å². The minimum atomic E-state index is 0.185. The van der Waals surface area contributed by atoms with Crippen molar-refractivity contribution in [2.45, 2.75) is 26.8 Å². The van der Waals surface area contributed by atoms with Gasteiger partial charge < -0.3 is 10.1 Å². The Labute approximate surface area is 94.8 Å². The van der Waals surface area contributed by atoms with Crippen molar-refractivity contribution in [2.75, 3.05) is 0 Å². The van der Waals surface area contributed by atoms with Crippen LogP contribution in [0.1, 0.15) is 25.0 Å². The molecule has 0 fully saturated rings. The van der Waals surface area contributed by atoms with Crippen LogP contribution in [-0.4, -0.2) is 22.3 Å². The Balaban J connectivity index is 2.58. The molecule has 0 radical (unpaired) electrons. The SMILES string of the molecule is Cc1ccc2[nH]c(O)c(C=NC(C)C)c2c1. The Bertz CT molecular complexity index is 538. The number of hydrogen-bond acceptors (Lipinski definition) is 2. The molecule has 0 saturated carbocycles. The average Bonchev–Trinajstić information content (AvgIpc) is 2.51. The molecule has 3 nitrogen and oxygen atoms in total. The van der Waals surface area contributed by atoms with Crippen molar-refractivity contribution in [3.8, 4) is 5.88 Å². The maximum Gasteiger partial charge on any atom is 0.198 e. The molecule has 1 aromatic carbocycles. The van der Waals surface area contributed by atoms with E-state index in [1.54, 1.807) is 6.21 Å². The molecule has 0 unspecified atom stereocenters.